The average Bonchev–Trinajstić information content (AvgIpc) is 2.97. The number of rotatable bonds is 6. The van der Waals surface area contributed by atoms with E-state index >= 15 is 0 Å². The maximum atomic E-state index is 11.4. The fourth-order valence-corrected chi connectivity index (χ4v) is 2.50. The predicted octanol–water partition coefficient (Wildman–Crippen LogP) is 2.70. The SMILES string of the molecule is CC(C)CC(Nc1ccc2nnc(-c3ccccc3)n2n1)C(=O)O. The summed E-state index contributed by atoms with van der Waals surface area (Å²) in [5.74, 6) is 0.465. The Kier molecular flexibility index (Phi) is 4.41. The van der Waals surface area contributed by atoms with Gasteiger partial charge in [-0.1, -0.05) is 44.2 Å². The van der Waals surface area contributed by atoms with Gasteiger partial charge in [0.05, 0.1) is 0 Å². The van der Waals surface area contributed by atoms with Crippen molar-refractivity contribution in [2.45, 2.75) is 26.3 Å². The van der Waals surface area contributed by atoms with Crippen molar-refractivity contribution in [3.8, 4) is 11.4 Å². The molecule has 24 heavy (non-hydrogen) atoms. The molecule has 1 aromatic carbocycles. The Morgan fingerprint density at radius 1 is 1.17 bits per heavy atom. The number of nitrogens with zero attached hydrogens (tertiary/aromatic N) is 4. The fourth-order valence-electron chi connectivity index (χ4n) is 2.50. The van der Waals surface area contributed by atoms with E-state index in [9.17, 15) is 9.90 Å². The highest BCUT2D eigenvalue weighted by molar-refractivity contribution is 5.76. The summed E-state index contributed by atoms with van der Waals surface area (Å²) in [5, 5.41) is 25.1. The van der Waals surface area contributed by atoms with Crippen LogP contribution in [-0.2, 0) is 4.79 Å². The molecule has 1 atom stereocenters. The minimum Gasteiger partial charge on any atom is -0.480 e. The Morgan fingerprint density at radius 2 is 1.92 bits per heavy atom. The first-order valence-corrected chi connectivity index (χ1v) is 7.82. The van der Waals surface area contributed by atoms with Crippen LogP contribution in [0.3, 0.4) is 0 Å². The molecular weight excluding hydrogens is 306 g/mol. The zero-order chi connectivity index (χ0) is 17.1. The molecule has 0 aliphatic carbocycles. The van der Waals surface area contributed by atoms with E-state index in [1.54, 1.807) is 16.6 Å². The monoisotopic (exact) mass is 325 g/mol. The maximum Gasteiger partial charge on any atom is 0.326 e. The van der Waals surface area contributed by atoms with Gasteiger partial charge in [-0.2, -0.15) is 4.52 Å². The van der Waals surface area contributed by atoms with Gasteiger partial charge in [0.2, 0.25) is 0 Å². The summed E-state index contributed by atoms with van der Waals surface area (Å²) >= 11 is 0. The fraction of sp³-hybridized carbons (Fsp3) is 0.294. The lowest BCUT2D eigenvalue weighted by Gasteiger charge is -2.16. The highest BCUT2D eigenvalue weighted by Crippen LogP contribution is 2.18. The van der Waals surface area contributed by atoms with Crippen molar-refractivity contribution in [2.24, 2.45) is 5.92 Å². The van der Waals surface area contributed by atoms with E-state index < -0.39 is 12.0 Å². The Hall–Kier alpha value is -2.96. The topological polar surface area (TPSA) is 92.4 Å². The average molecular weight is 325 g/mol. The van der Waals surface area contributed by atoms with Crippen LogP contribution < -0.4 is 5.32 Å². The van der Waals surface area contributed by atoms with Crippen molar-refractivity contribution < 1.29 is 9.90 Å². The number of hydrogen-bond acceptors (Lipinski definition) is 5. The van der Waals surface area contributed by atoms with Crippen LogP contribution in [0.15, 0.2) is 42.5 Å². The first-order valence-electron chi connectivity index (χ1n) is 7.82. The summed E-state index contributed by atoms with van der Waals surface area (Å²) in [6.07, 6.45) is 0.517. The van der Waals surface area contributed by atoms with Gasteiger partial charge in [0, 0.05) is 5.56 Å². The maximum absolute atomic E-state index is 11.4. The highest BCUT2D eigenvalue weighted by atomic mass is 16.4. The second-order valence-electron chi connectivity index (χ2n) is 6.04. The summed E-state index contributed by atoms with van der Waals surface area (Å²) in [5.41, 5.74) is 1.50. The van der Waals surface area contributed by atoms with Crippen LogP contribution in [0.5, 0.6) is 0 Å². The van der Waals surface area contributed by atoms with Crippen LogP contribution in [0.1, 0.15) is 20.3 Å². The van der Waals surface area contributed by atoms with Gasteiger partial charge in [0.25, 0.3) is 0 Å². The van der Waals surface area contributed by atoms with Crippen LogP contribution in [0, 0.1) is 5.92 Å². The number of aromatic nitrogens is 4. The summed E-state index contributed by atoms with van der Waals surface area (Å²) in [6, 6.07) is 12.4. The Labute approximate surface area is 139 Å². The number of benzene rings is 1. The van der Waals surface area contributed by atoms with Crippen LogP contribution >= 0.6 is 0 Å². The summed E-state index contributed by atoms with van der Waals surface area (Å²) in [4.78, 5) is 11.4. The largest absolute Gasteiger partial charge is 0.480 e. The lowest BCUT2D eigenvalue weighted by atomic mass is 10.0. The lowest BCUT2D eigenvalue weighted by molar-refractivity contribution is -0.138. The van der Waals surface area contributed by atoms with Crippen molar-refractivity contribution in [1.29, 1.82) is 0 Å². The molecule has 0 fully saturated rings. The van der Waals surface area contributed by atoms with E-state index in [2.05, 4.69) is 20.6 Å². The molecule has 0 bridgehead atoms. The van der Waals surface area contributed by atoms with E-state index in [0.717, 1.165) is 5.56 Å². The van der Waals surface area contributed by atoms with Gasteiger partial charge in [-0.25, -0.2) is 4.79 Å². The molecule has 0 saturated heterocycles. The van der Waals surface area contributed by atoms with E-state index in [1.165, 1.54) is 0 Å². The van der Waals surface area contributed by atoms with Crippen molar-refractivity contribution in [2.75, 3.05) is 5.32 Å². The van der Waals surface area contributed by atoms with Crippen molar-refractivity contribution in [1.82, 2.24) is 19.8 Å². The van der Waals surface area contributed by atoms with Crippen LogP contribution in [0.4, 0.5) is 5.82 Å². The molecular formula is C17H19N5O2. The van der Waals surface area contributed by atoms with Gasteiger partial charge in [-0.3, -0.25) is 0 Å². The van der Waals surface area contributed by atoms with E-state index in [4.69, 9.17) is 0 Å². The summed E-state index contributed by atoms with van der Waals surface area (Å²) < 4.78 is 1.62. The Morgan fingerprint density at radius 3 is 2.58 bits per heavy atom. The molecule has 7 nitrogen and oxygen atoms in total. The number of nitrogens with one attached hydrogen (secondary N) is 1. The molecule has 3 aromatic rings. The molecule has 7 heteroatoms. The Balaban J connectivity index is 1.94. The lowest BCUT2D eigenvalue weighted by Crippen LogP contribution is -2.31. The molecule has 0 aliphatic rings. The number of carboxylic acid groups (broad SMARTS) is 1. The standard InChI is InChI=1S/C17H19N5O2/c1-11(2)10-13(17(23)24)18-14-8-9-15-19-20-16(22(15)21-14)12-6-4-3-5-7-12/h3-9,11,13H,10H2,1-2H3,(H,18,21)(H,23,24). The molecule has 2 N–H and O–H groups in total. The van der Waals surface area contributed by atoms with Crippen molar-refractivity contribution in [3.05, 3.63) is 42.5 Å². The molecule has 0 saturated carbocycles. The van der Waals surface area contributed by atoms with Gasteiger partial charge in [0.1, 0.15) is 11.9 Å². The zero-order valence-corrected chi connectivity index (χ0v) is 13.5. The molecule has 0 aliphatic heterocycles. The summed E-state index contributed by atoms with van der Waals surface area (Å²) in [6.45, 7) is 3.98. The predicted molar refractivity (Wildman–Crippen MR) is 90.7 cm³/mol. The molecule has 0 amide bonds. The van der Waals surface area contributed by atoms with Crippen molar-refractivity contribution in [3.63, 3.8) is 0 Å². The van der Waals surface area contributed by atoms with Gasteiger partial charge in [-0.05, 0) is 24.5 Å². The number of aliphatic carboxylic acids is 1. The van der Waals surface area contributed by atoms with Gasteiger partial charge in [0.15, 0.2) is 11.5 Å². The second-order valence-corrected chi connectivity index (χ2v) is 6.04. The normalized spacial score (nSPS) is 12.5. The van der Waals surface area contributed by atoms with Gasteiger partial charge >= 0.3 is 5.97 Å². The van der Waals surface area contributed by atoms with Gasteiger partial charge in [-0.15, -0.1) is 15.3 Å². The molecule has 0 spiro atoms. The van der Waals surface area contributed by atoms with E-state index in [0.29, 0.717) is 23.7 Å². The number of anilines is 1. The molecule has 0 radical (unpaired) electrons. The molecule has 124 valence electrons. The molecule has 2 heterocycles. The number of carboxylic acids is 1. The van der Waals surface area contributed by atoms with E-state index in [-0.39, 0.29) is 5.92 Å². The molecule has 1 unspecified atom stereocenters. The van der Waals surface area contributed by atoms with Gasteiger partial charge < -0.3 is 10.4 Å². The zero-order valence-electron chi connectivity index (χ0n) is 13.5. The molecule has 2 aromatic heterocycles. The third-order valence-corrected chi connectivity index (χ3v) is 3.62. The second kappa shape index (κ2) is 6.66. The third kappa shape index (κ3) is 3.34. The van der Waals surface area contributed by atoms with Crippen LogP contribution in [0.2, 0.25) is 0 Å². The Bertz CT molecular complexity index is 845. The van der Waals surface area contributed by atoms with Crippen molar-refractivity contribution >= 4 is 17.4 Å². The minimum atomic E-state index is -0.891. The third-order valence-electron chi connectivity index (χ3n) is 3.62. The number of fused-ring (bicyclic) bond motifs is 1. The number of carbonyl (C=O) groups is 1. The smallest absolute Gasteiger partial charge is 0.326 e. The van der Waals surface area contributed by atoms with E-state index in [1.807, 2.05) is 44.2 Å². The highest BCUT2D eigenvalue weighted by Gasteiger charge is 2.19. The van der Waals surface area contributed by atoms with Crippen LogP contribution in [0.25, 0.3) is 17.0 Å². The van der Waals surface area contributed by atoms with Crippen LogP contribution in [-0.4, -0.2) is 36.9 Å². The summed E-state index contributed by atoms with van der Waals surface area (Å²) in [7, 11) is 0. The first-order chi connectivity index (χ1) is 11.5. The quantitative estimate of drug-likeness (QED) is 0.724. The first kappa shape index (κ1) is 15.9. The number of hydrogen-bond donors (Lipinski definition) is 2. The minimum absolute atomic E-state index is 0.261. The molecule has 3 rings (SSSR count).